The van der Waals surface area contributed by atoms with Crippen molar-refractivity contribution in [2.24, 2.45) is 0 Å². The van der Waals surface area contributed by atoms with Crippen LogP contribution in [0.4, 0.5) is 0 Å². The first-order valence-corrected chi connectivity index (χ1v) is 6.07. The summed E-state index contributed by atoms with van der Waals surface area (Å²) < 4.78 is 5.12. The number of hydrogen-bond donors (Lipinski definition) is 3. The second-order valence-electron chi connectivity index (χ2n) is 3.64. The van der Waals surface area contributed by atoms with Crippen molar-refractivity contribution in [3.63, 3.8) is 0 Å². The van der Waals surface area contributed by atoms with Crippen LogP contribution in [0.15, 0.2) is 12.1 Å². The minimum atomic E-state index is -1.71. The predicted octanol–water partition coefficient (Wildman–Crippen LogP) is 0.841. The third-order valence-corrected chi connectivity index (χ3v) is 3.47. The Labute approximate surface area is 107 Å². The SMILES string of the molecule is CCOC(CO)(Cc1ccc(C(=O)O)s1)C(=O)O. The molecule has 1 atom stereocenters. The molecular formula is C11H14O6S. The van der Waals surface area contributed by atoms with Gasteiger partial charge in [0.1, 0.15) is 4.88 Å². The third-order valence-electron chi connectivity index (χ3n) is 2.40. The van der Waals surface area contributed by atoms with E-state index in [0.717, 1.165) is 11.3 Å². The van der Waals surface area contributed by atoms with Gasteiger partial charge in [-0.2, -0.15) is 0 Å². The summed E-state index contributed by atoms with van der Waals surface area (Å²) in [5.41, 5.74) is -1.71. The van der Waals surface area contributed by atoms with E-state index >= 15 is 0 Å². The smallest absolute Gasteiger partial charge is 0.345 e. The Morgan fingerprint density at radius 1 is 1.39 bits per heavy atom. The van der Waals surface area contributed by atoms with Crippen molar-refractivity contribution in [3.8, 4) is 0 Å². The molecule has 18 heavy (non-hydrogen) atoms. The van der Waals surface area contributed by atoms with Gasteiger partial charge in [0.05, 0.1) is 6.61 Å². The molecule has 7 heteroatoms. The van der Waals surface area contributed by atoms with Gasteiger partial charge in [0, 0.05) is 17.9 Å². The molecule has 1 heterocycles. The Morgan fingerprint density at radius 2 is 2.06 bits per heavy atom. The van der Waals surface area contributed by atoms with E-state index < -0.39 is 24.1 Å². The van der Waals surface area contributed by atoms with Crippen molar-refractivity contribution in [2.45, 2.75) is 18.9 Å². The molecule has 1 aromatic heterocycles. The zero-order chi connectivity index (χ0) is 13.8. The fraction of sp³-hybridized carbons (Fsp3) is 0.455. The van der Waals surface area contributed by atoms with E-state index in [0.29, 0.717) is 4.88 Å². The minimum Gasteiger partial charge on any atom is -0.479 e. The minimum absolute atomic E-state index is 0.0649. The molecule has 0 amide bonds. The number of rotatable bonds is 7. The Bertz CT molecular complexity index is 440. The van der Waals surface area contributed by atoms with Gasteiger partial charge in [-0.25, -0.2) is 9.59 Å². The highest BCUT2D eigenvalue weighted by molar-refractivity contribution is 7.13. The van der Waals surface area contributed by atoms with Crippen molar-refractivity contribution in [2.75, 3.05) is 13.2 Å². The lowest BCUT2D eigenvalue weighted by molar-refractivity contribution is -0.171. The number of carboxylic acid groups (broad SMARTS) is 2. The second kappa shape index (κ2) is 5.94. The van der Waals surface area contributed by atoms with Crippen LogP contribution in [0.5, 0.6) is 0 Å². The number of aromatic carboxylic acids is 1. The summed E-state index contributed by atoms with van der Waals surface area (Å²) in [6.07, 6.45) is -0.0649. The fourth-order valence-corrected chi connectivity index (χ4v) is 2.45. The largest absolute Gasteiger partial charge is 0.479 e. The third kappa shape index (κ3) is 3.06. The van der Waals surface area contributed by atoms with Gasteiger partial charge in [0.15, 0.2) is 5.60 Å². The van der Waals surface area contributed by atoms with Crippen molar-refractivity contribution in [3.05, 3.63) is 21.9 Å². The lowest BCUT2D eigenvalue weighted by Crippen LogP contribution is -2.47. The van der Waals surface area contributed by atoms with Gasteiger partial charge in [-0.1, -0.05) is 0 Å². The lowest BCUT2D eigenvalue weighted by atomic mass is 10.00. The molecule has 0 aromatic carbocycles. The Morgan fingerprint density at radius 3 is 2.44 bits per heavy atom. The molecule has 0 bridgehead atoms. The van der Waals surface area contributed by atoms with Crippen LogP contribution in [0.1, 0.15) is 21.5 Å². The Kier molecular flexibility index (Phi) is 4.83. The van der Waals surface area contributed by atoms with Gasteiger partial charge in [-0.3, -0.25) is 0 Å². The van der Waals surface area contributed by atoms with Crippen LogP contribution in [0.3, 0.4) is 0 Å². The van der Waals surface area contributed by atoms with Gasteiger partial charge < -0.3 is 20.1 Å². The summed E-state index contributed by atoms with van der Waals surface area (Å²) in [6, 6.07) is 2.93. The van der Waals surface area contributed by atoms with E-state index in [9.17, 15) is 14.7 Å². The Balaban J connectivity index is 2.95. The summed E-state index contributed by atoms with van der Waals surface area (Å²) >= 11 is 0.973. The monoisotopic (exact) mass is 274 g/mol. The van der Waals surface area contributed by atoms with Crippen molar-refractivity contribution >= 4 is 23.3 Å². The van der Waals surface area contributed by atoms with Gasteiger partial charge in [0.25, 0.3) is 0 Å². The van der Waals surface area contributed by atoms with Crippen LogP contribution in [-0.2, 0) is 16.0 Å². The number of aliphatic carboxylic acids is 1. The molecule has 100 valence electrons. The zero-order valence-corrected chi connectivity index (χ0v) is 10.6. The number of carboxylic acids is 2. The topological polar surface area (TPSA) is 104 Å². The van der Waals surface area contributed by atoms with Crippen LogP contribution >= 0.6 is 11.3 Å². The maximum absolute atomic E-state index is 11.2. The predicted molar refractivity (Wildman–Crippen MR) is 64.1 cm³/mol. The molecule has 6 nitrogen and oxygen atoms in total. The van der Waals surface area contributed by atoms with E-state index in [-0.39, 0.29) is 17.9 Å². The molecule has 0 spiro atoms. The highest BCUT2D eigenvalue weighted by Gasteiger charge is 2.39. The summed E-state index contributed by atoms with van der Waals surface area (Å²) in [5, 5.41) is 27.2. The molecule has 1 aromatic rings. The summed E-state index contributed by atoms with van der Waals surface area (Å²) in [7, 11) is 0. The van der Waals surface area contributed by atoms with Gasteiger partial charge in [-0.15, -0.1) is 11.3 Å². The first-order chi connectivity index (χ1) is 8.45. The molecule has 0 saturated heterocycles. The van der Waals surface area contributed by atoms with E-state index in [2.05, 4.69) is 0 Å². The number of carbonyl (C=O) groups is 2. The Hall–Kier alpha value is -1.44. The second-order valence-corrected chi connectivity index (χ2v) is 4.81. The molecule has 0 aliphatic heterocycles. The lowest BCUT2D eigenvalue weighted by Gasteiger charge is -2.26. The van der Waals surface area contributed by atoms with E-state index in [1.807, 2.05) is 0 Å². The molecule has 1 unspecified atom stereocenters. The summed E-state index contributed by atoms with van der Waals surface area (Å²) in [4.78, 5) is 22.6. The number of aliphatic hydroxyl groups is 1. The van der Waals surface area contributed by atoms with E-state index in [1.165, 1.54) is 12.1 Å². The van der Waals surface area contributed by atoms with Crippen molar-refractivity contribution < 1.29 is 29.6 Å². The molecule has 0 aliphatic rings. The number of hydrogen-bond acceptors (Lipinski definition) is 5. The highest BCUT2D eigenvalue weighted by atomic mass is 32.1. The van der Waals surface area contributed by atoms with Crippen LogP contribution in [-0.4, -0.2) is 46.1 Å². The standard InChI is InChI=1S/C11H14O6S/c1-2-17-11(6-12,10(15)16)5-7-3-4-8(18-7)9(13)14/h3-4,12H,2,5-6H2,1H3,(H,13,14)(H,15,16). The highest BCUT2D eigenvalue weighted by Crippen LogP contribution is 2.24. The van der Waals surface area contributed by atoms with Crippen molar-refractivity contribution in [1.82, 2.24) is 0 Å². The normalized spacial score (nSPS) is 14.1. The van der Waals surface area contributed by atoms with Crippen molar-refractivity contribution in [1.29, 1.82) is 0 Å². The van der Waals surface area contributed by atoms with E-state index in [1.54, 1.807) is 6.92 Å². The van der Waals surface area contributed by atoms with Crippen LogP contribution in [0.25, 0.3) is 0 Å². The molecule has 0 saturated carbocycles. The van der Waals surface area contributed by atoms with Crippen LogP contribution < -0.4 is 0 Å². The zero-order valence-electron chi connectivity index (χ0n) is 9.75. The molecule has 1 rings (SSSR count). The number of ether oxygens (including phenoxy) is 1. The fourth-order valence-electron chi connectivity index (χ4n) is 1.50. The number of aliphatic hydroxyl groups excluding tert-OH is 1. The average Bonchev–Trinajstić information content (AvgIpc) is 2.76. The molecule has 3 N–H and O–H groups in total. The maximum atomic E-state index is 11.2. The quantitative estimate of drug-likeness (QED) is 0.680. The molecular weight excluding hydrogens is 260 g/mol. The number of thiophene rings is 1. The van der Waals surface area contributed by atoms with Gasteiger partial charge in [0.2, 0.25) is 0 Å². The first-order valence-electron chi connectivity index (χ1n) is 5.25. The molecule has 0 aliphatic carbocycles. The van der Waals surface area contributed by atoms with Crippen LogP contribution in [0.2, 0.25) is 0 Å². The van der Waals surface area contributed by atoms with Gasteiger partial charge in [-0.05, 0) is 19.1 Å². The van der Waals surface area contributed by atoms with E-state index in [4.69, 9.17) is 14.9 Å². The summed E-state index contributed by atoms with van der Waals surface area (Å²) in [6.45, 7) is 1.10. The average molecular weight is 274 g/mol. The van der Waals surface area contributed by atoms with Crippen LogP contribution in [0, 0.1) is 0 Å². The maximum Gasteiger partial charge on any atom is 0.345 e. The molecule has 0 radical (unpaired) electrons. The molecule has 0 fully saturated rings. The summed E-state index contributed by atoms with van der Waals surface area (Å²) in [5.74, 6) is -2.33. The van der Waals surface area contributed by atoms with Gasteiger partial charge >= 0.3 is 11.9 Å². The first kappa shape index (κ1) is 14.6.